The summed E-state index contributed by atoms with van der Waals surface area (Å²) in [5.41, 5.74) is -0.588. The molecule has 2 unspecified atom stereocenters. The SMILES string of the molecule is COC(=O)C(NC(=O)OC(C)(C)C)C1CCCNC1. The van der Waals surface area contributed by atoms with Gasteiger partial charge in [-0.3, -0.25) is 0 Å². The Balaban J connectivity index is 2.64. The molecular formula is C13H24N2O4. The lowest BCUT2D eigenvalue weighted by atomic mass is 9.92. The molecule has 0 aromatic heterocycles. The van der Waals surface area contributed by atoms with Crippen molar-refractivity contribution in [2.24, 2.45) is 5.92 Å². The second-order valence-electron chi connectivity index (χ2n) is 5.75. The highest BCUT2D eigenvalue weighted by molar-refractivity contribution is 5.81. The monoisotopic (exact) mass is 272 g/mol. The van der Waals surface area contributed by atoms with Gasteiger partial charge in [0.1, 0.15) is 11.6 Å². The zero-order valence-corrected chi connectivity index (χ0v) is 12.1. The molecule has 0 aromatic carbocycles. The van der Waals surface area contributed by atoms with Crippen LogP contribution in [0.25, 0.3) is 0 Å². The average Bonchev–Trinajstić information content (AvgIpc) is 2.34. The molecule has 1 amide bonds. The van der Waals surface area contributed by atoms with Gasteiger partial charge in [0.25, 0.3) is 0 Å². The molecule has 1 aliphatic rings. The minimum atomic E-state index is -0.660. The number of amides is 1. The van der Waals surface area contributed by atoms with Crippen molar-refractivity contribution in [2.45, 2.75) is 45.3 Å². The van der Waals surface area contributed by atoms with Crippen LogP contribution in [0.4, 0.5) is 4.79 Å². The van der Waals surface area contributed by atoms with Gasteiger partial charge in [-0.15, -0.1) is 0 Å². The van der Waals surface area contributed by atoms with Crippen LogP contribution < -0.4 is 10.6 Å². The highest BCUT2D eigenvalue weighted by Gasteiger charge is 2.33. The van der Waals surface area contributed by atoms with Crippen LogP contribution in [0.1, 0.15) is 33.6 Å². The number of carbonyl (C=O) groups excluding carboxylic acids is 2. The first-order chi connectivity index (χ1) is 8.83. The van der Waals surface area contributed by atoms with Gasteiger partial charge >= 0.3 is 12.1 Å². The summed E-state index contributed by atoms with van der Waals surface area (Å²) in [4.78, 5) is 23.6. The first-order valence-corrected chi connectivity index (χ1v) is 6.61. The number of rotatable bonds is 3. The topological polar surface area (TPSA) is 76.7 Å². The largest absolute Gasteiger partial charge is 0.467 e. The summed E-state index contributed by atoms with van der Waals surface area (Å²) in [5, 5.41) is 5.83. The van der Waals surface area contributed by atoms with Crippen LogP contribution >= 0.6 is 0 Å². The third-order valence-corrected chi connectivity index (χ3v) is 2.93. The third-order valence-electron chi connectivity index (χ3n) is 2.93. The van der Waals surface area contributed by atoms with Crippen LogP contribution in [0.15, 0.2) is 0 Å². The fourth-order valence-electron chi connectivity index (χ4n) is 2.09. The summed E-state index contributed by atoms with van der Waals surface area (Å²) in [5.74, 6) is -0.395. The summed E-state index contributed by atoms with van der Waals surface area (Å²) in [7, 11) is 1.32. The normalized spacial score (nSPS) is 21.4. The maximum atomic E-state index is 11.8. The molecule has 19 heavy (non-hydrogen) atoms. The molecule has 1 fully saturated rings. The van der Waals surface area contributed by atoms with Crippen molar-refractivity contribution >= 4 is 12.1 Å². The fourth-order valence-corrected chi connectivity index (χ4v) is 2.09. The Bertz CT molecular complexity index is 319. The Morgan fingerprint density at radius 1 is 1.37 bits per heavy atom. The standard InChI is InChI=1S/C13H24N2O4/c1-13(2,3)19-12(17)15-10(11(16)18-4)9-6-5-7-14-8-9/h9-10,14H,5-8H2,1-4H3,(H,15,17). The Morgan fingerprint density at radius 3 is 2.53 bits per heavy atom. The molecule has 0 aliphatic carbocycles. The van der Waals surface area contributed by atoms with E-state index in [-0.39, 0.29) is 5.92 Å². The molecule has 0 saturated carbocycles. The van der Waals surface area contributed by atoms with Crippen LogP contribution in [0.2, 0.25) is 0 Å². The summed E-state index contributed by atoms with van der Waals surface area (Å²) >= 11 is 0. The van der Waals surface area contributed by atoms with E-state index in [1.54, 1.807) is 20.8 Å². The van der Waals surface area contributed by atoms with Crippen molar-refractivity contribution in [3.8, 4) is 0 Å². The molecule has 1 saturated heterocycles. The van der Waals surface area contributed by atoms with E-state index in [0.717, 1.165) is 19.4 Å². The number of esters is 1. The number of hydrogen-bond donors (Lipinski definition) is 2. The van der Waals surface area contributed by atoms with Gasteiger partial charge in [-0.05, 0) is 40.2 Å². The maximum absolute atomic E-state index is 11.8. The predicted molar refractivity (Wildman–Crippen MR) is 70.8 cm³/mol. The lowest BCUT2D eigenvalue weighted by molar-refractivity contribution is -0.144. The first-order valence-electron chi connectivity index (χ1n) is 6.61. The Kier molecular flexibility index (Phi) is 5.60. The van der Waals surface area contributed by atoms with Gasteiger partial charge in [-0.2, -0.15) is 0 Å². The molecule has 6 heteroatoms. The Hall–Kier alpha value is -1.30. The molecule has 1 aliphatic heterocycles. The van der Waals surface area contributed by atoms with Crippen LogP contribution in [-0.2, 0) is 14.3 Å². The number of nitrogens with one attached hydrogen (secondary N) is 2. The second kappa shape index (κ2) is 6.75. The van der Waals surface area contributed by atoms with E-state index in [1.807, 2.05) is 0 Å². The predicted octanol–water partition coefficient (Wildman–Crippen LogP) is 1.05. The van der Waals surface area contributed by atoms with Crippen molar-refractivity contribution in [2.75, 3.05) is 20.2 Å². The molecule has 2 N–H and O–H groups in total. The van der Waals surface area contributed by atoms with Crippen LogP contribution in [0.5, 0.6) is 0 Å². The van der Waals surface area contributed by atoms with E-state index >= 15 is 0 Å². The molecule has 6 nitrogen and oxygen atoms in total. The average molecular weight is 272 g/mol. The number of ether oxygens (including phenoxy) is 2. The third kappa shape index (κ3) is 5.46. The van der Waals surface area contributed by atoms with Gasteiger partial charge in [-0.1, -0.05) is 0 Å². The number of hydrogen-bond acceptors (Lipinski definition) is 5. The van der Waals surface area contributed by atoms with E-state index in [1.165, 1.54) is 7.11 Å². The molecule has 0 radical (unpaired) electrons. The number of methoxy groups -OCH3 is 1. The molecule has 0 aromatic rings. The van der Waals surface area contributed by atoms with E-state index < -0.39 is 23.7 Å². The highest BCUT2D eigenvalue weighted by Crippen LogP contribution is 2.16. The molecule has 1 rings (SSSR count). The van der Waals surface area contributed by atoms with E-state index in [9.17, 15) is 9.59 Å². The smallest absolute Gasteiger partial charge is 0.408 e. The lowest BCUT2D eigenvalue weighted by Crippen LogP contribution is -2.52. The van der Waals surface area contributed by atoms with E-state index in [4.69, 9.17) is 9.47 Å². The van der Waals surface area contributed by atoms with Gasteiger partial charge < -0.3 is 20.1 Å². The van der Waals surface area contributed by atoms with E-state index in [0.29, 0.717) is 6.54 Å². The highest BCUT2D eigenvalue weighted by atomic mass is 16.6. The summed E-state index contributed by atoms with van der Waals surface area (Å²) in [6.07, 6.45) is 1.27. The van der Waals surface area contributed by atoms with Crippen LogP contribution in [0, 0.1) is 5.92 Å². The zero-order chi connectivity index (χ0) is 14.5. The summed E-state index contributed by atoms with van der Waals surface area (Å²) < 4.78 is 9.94. The Morgan fingerprint density at radius 2 is 2.05 bits per heavy atom. The second-order valence-corrected chi connectivity index (χ2v) is 5.75. The number of piperidine rings is 1. The van der Waals surface area contributed by atoms with Crippen LogP contribution in [0.3, 0.4) is 0 Å². The van der Waals surface area contributed by atoms with Crippen molar-refractivity contribution in [3.05, 3.63) is 0 Å². The van der Waals surface area contributed by atoms with E-state index in [2.05, 4.69) is 10.6 Å². The molecule has 110 valence electrons. The fraction of sp³-hybridized carbons (Fsp3) is 0.846. The Labute approximate surface area is 114 Å². The summed E-state index contributed by atoms with van der Waals surface area (Å²) in [6, 6.07) is -0.660. The van der Waals surface area contributed by atoms with Gasteiger partial charge in [0, 0.05) is 12.5 Å². The molecule has 2 atom stereocenters. The molecule has 0 spiro atoms. The van der Waals surface area contributed by atoms with Crippen molar-refractivity contribution in [3.63, 3.8) is 0 Å². The lowest BCUT2D eigenvalue weighted by Gasteiger charge is -2.30. The van der Waals surface area contributed by atoms with Crippen molar-refractivity contribution in [1.29, 1.82) is 0 Å². The van der Waals surface area contributed by atoms with Gasteiger partial charge in [0.05, 0.1) is 7.11 Å². The number of alkyl carbamates (subject to hydrolysis) is 1. The first kappa shape index (κ1) is 15.8. The minimum Gasteiger partial charge on any atom is -0.467 e. The van der Waals surface area contributed by atoms with Crippen LogP contribution in [-0.4, -0.2) is 43.9 Å². The zero-order valence-electron chi connectivity index (χ0n) is 12.1. The molecular weight excluding hydrogens is 248 g/mol. The number of carbonyl (C=O) groups is 2. The molecule has 0 bridgehead atoms. The van der Waals surface area contributed by atoms with Gasteiger partial charge in [0.2, 0.25) is 0 Å². The minimum absolute atomic E-state index is 0.0359. The van der Waals surface area contributed by atoms with Gasteiger partial charge in [-0.25, -0.2) is 9.59 Å². The van der Waals surface area contributed by atoms with Crippen molar-refractivity contribution in [1.82, 2.24) is 10.6 Å². The quantitative estimate of drug-likeness (QED) is 0.751. The van der Waals surface area contributed by atoms with Crippen molar-refractivity contribution < 1.29 is 19.1 Å². The van der Waals surface area contributed by atoms with Gasteiger partial charge in [0.15, 0.2) is 0 Å². The summed E-state index contributed by atoms with van der Waals surface area (Å²) in [6.45, 7) is 6.97. The maximum Gasteiger partial charge on any atom is 0.408 e. The molecule has 1 heterocycles.